The van der Waals surface area contributed by atoms with Crippen molar-refractivity contribution in [3.8, 4) is 0 Å². The zero-order valence-electron chi connectivity index (χ0n) is 10.7. The Labute approximate surface area is 99.3 Å². The molecule has 1 heterocycles. The summed E-state index contributed by atoms with van der Waals surface area (Å²) in [6.45, 7) is 8.05. The maximum Gasteiger partial charge on any atom is 0.0323 e. The minimum Gasteiger partial charge on any atom is -0.309 e. The summed E-state index contributed by atoms with van der Waals surface area (Å²) in [6.07, 6.45) is 2.50. The minimum absolute atomic E-state index is 0.580. The van der Waals surface area contributed by atoms with Crippen LogP contribution < -0.4 is 5.32 Å². The van der Waals surface area contributed by atoms with Gasteiger partial charge in [-0.2, -0.15) is 0 Å². The first-order valence-electron chi connectivity index (χ1n) is 6.56. The van der Waals surface area contributed by atoms with Crippen LogP contribution in [0.5, 0.6) is 0 Å². The Balaban J connectivity index is 2.32. The van der Waals surface area contributed by atoms with Gasteiger partial charge >= 0.3 is 0 Å². The maximum absolute atomic E-state index is 3.71. The molecule has 1 aromatic carbocycles. The molecular weight excluding hydrogens is 194 g/mol. The van der Waals surface area contributed by atoms with Crippen LogP contribution in [0.1, 0.15) is 56.7 Å². The molecule has 2 atom stereocenters. The van der Waals surface area contributed by atoms with Crippen molar-refractivity contribution in [2.75, 3.05) is 6.54 Å². The van der Waals surface area contributed by atoms with E-state index in [0.29, 0.717) is 12.0 Å². The van der Waals surface area contributed by atoms with Gasteiger partial charge in [0.1, 0.15) is 0 Å². The van der Waals surface area contributed by atoms with Crippen LogP contribution in [0.2, 0.25) is 0 Å². The van der Waals surface area contributed by atoms with E-state index in [2.05, 4.69) is 50.4 Å². The average Bonchev–Trinajstić information content (AvgIpc) is 2.29. The van der Waals surface area contributed by atoms with Crippen molar-refractivity contribution < 1.29 is 0 Å². The van der Waals surface area contributed by atoms with Crippen LogP contribution in [0.25, 0.3) is 0 Å². The molecule has 2 rings (SSSR count). The molecule has 2 unspecified atom stereocenters. The van der Waals surface area contributed by atoms with Gasteiger partial charge in [0.15, 0.2) is 0 Å². The van der Waals surface area contributed by atoms with E-state index in [1.54, 1.807) is 5.56 Å². The first-order valence-corrected chi connectivity index (χ1v) is 6.56. The molecule has 1 aliphatic heterocycles. The van der Waals surface area contributed by atoms with E-state index in [-0.39, 0.29) is 0 Å². The number of rotatable bonds is 3. The lowest BCUT2D eigenvalue weighted by Gasteiger charge is -2.34. The summed E-state index contributed by atoms with van der Waals surface area (Å²) in [5, 5.41) is 3.71. The zero-order chi connectivity index (χ0) is 11.5. The Kier molecular flexibility index (Phi) is 3.65. The van der Waals surface area contributed by atoms with E-state index in [4.69, 9.17) is 0 Å². The lowest BCUT2D eigenvalue weighted by molar-refractivity contribution is 0.378. The summed E-state index contributed by atoms with van der Waals surface area (Å²) < 4.78 is 0. The van der Waals surface area contributed by atoms with Crippen molar-refractivity contribution in [1.29, 1.82) is 0 Å². The molecule has 1 aliphatic rings. The van der Waals surface area contributed by atoms with Crippen molar-refractivity contribution in [2.24, 2.45) is 5.92 Å². The van der Waals surface area contributed by atoms with Gasteiger partial charge in [-0.25, -0.2) is 0 Å². The van der Waals surface area contributed by atoms with Crippen molar-refractivity contribution in [1.82, 2.24) is 5.32 Å². The number of hydrogen-bond donors (Lipinski definition) is 1. The molecule has 0 saturated carbocycles. The van der Waals surface area contributed by atoms with Crippen molar-refractivity contribution in [2.45, 2.75) is 45.6 Å². The molecule has 0 spiro atoms. The Bertz CT molecular complexity index is 343. The van der Waals surface area contributed by atoms with Gasteiger partial charge in [-0.05, 0) is 29.4 Å². The molecule has 1 N–H and O–H groups in total. The van der Waals surface area contributed by atoms with Gasteiger partial charge in [0.2, 0.25) is 0 Å². The summed E-state index contributed by atoms with van der Waals surface area (Å²) in [5.41, 5.74) is 3.11. The van der Waals surface area contributed by atoms with E-state index in [0.717, 1.165) is 12.5 Å². The molecule has 1 heteroatoms. The number of fused-ring (bicyclic) bond motifs is 1. The predicted octanol–water partition coefficient (Wildman–Crippen LogP) is 3.87. The minimum atomic E-state index is 0.580. The highest BCUT2D eigenvalue weighted by Gasteiger charge is 2.27. The van der Waals surface area contributed by atoms with Crippen LogP contribution in [0, 0.1) is 5.92 Å². The molecule has 16 heavy (non-hydrogen) atoms. The van der Waals surface area contributed by atoms with E-state index in [1.165, 1.54) is 18.4 Å². The third kappa shape index (κ3) is 2.15. The summed E-state index contributed by atoms with van der Waals surface area (Å²) in [4.78, 5) is 0. The van der Waals surface area contributed by atoms with Crippen molar-refractivity contribution in [3.63, 3.8) is 0 Å². The molecule has 0 saturated heterocycles. The molecular formula is C15H23N. The largest absolute Gasteiger partial charge is 0.309 e. The topological polar surface area (TPSA) is 12.0 Å². The molecule has 88 valence electrons. The predicted molar refractivity (Wildman–Crippen MR) is 69.7 cm³/mol. The monoisotopic (exact) mass is 217 g/mol. The van der Waals surface area contributed by atoms with Gasteiger partial charge in [-0.1, -0.05) is 51.5 Å². The molecule has 0 aliphatic carbocycles. The fourth-order valence-corrected chi connectivity index (χ4v) is 2.80. The van der Waals surface area contributed by atoms with Crippen LogP contribution in [-0.4, -0.2) is 6.54 Å². The zero-order valence-corrected chi connectivity index (χ0v) is 10.7. The smallest absolute Gasteiger partial charge is 0.0323 e. The van der Waals surface area contributed by atoms with Crippen molar-refractivity contribution in [3.05, 3.63) is 35.4 Å². The first-order chi connectivity index (χ1) is 7.74. The molecule has 0 radical (unpaired) electrons. The SMILES string of the molecule is CCCC1NCC(C(C)C)c2ccccc21. The van der Waals surface area contributed by atoms with Crippen LogP contribution in [0.15, 0.2) is 24.3 Å². The van der Waals surface area contributed by atoms with E-state index in [1.807, 2.05) is 0 Å². The fraction of sp³-hybridized carbons (Fsp3) is 0.600. The highest BCUT2D eigenvalue weighted by atomic mass is 14.9. The van der Waals surface area contributed by atoms with E-state index in [9.17, 15) is 0 Å². The highest BCUT2D eigenvalue weighted by molar-refractivity contribution is 5.35. The molecule has 0 fully saturated rings. The van der Waals surface area contributed by atoms with Crippen LogP contribution >= 0.6 is 0 Å². The lowest BCUT2D eigenvalue weighted by atomic mass is 9.80. The molecule has 1 nitrogen and oxygen atoms in total. The van der Waals surface area contributed by atoms with E-state index < -0.39 is 0 Å². The molecule has 1 aromatic rings. The standard InChI is InChI=1S/C15H23N/c1-4-7-15-13-9-6-5-8-12(13)14(10-16-15)11(2)3/h5-6,8-9,11,14-16H,4,7,10H2,1-3H3. The third-order valence-corrected chi connectivity index (χ3v) is 3.74. The van der Waals surface area contributed by atoms with Gasteiger partial charge in [0, 0.05) is 12.6 Å². The van der Waals surface area contributed by atoms with E-state index >= 15 is 0 Å². The van der Waals surface area contributed by atoms with Gasteiger partial charge in [0.05, 0.1) is 0 Å². The Morgan fingerprint density at radius 1 is 1.25 bits per heavy atom. The molecule has 0 bridgehead atoms. The highest BCUT2D eigenvalue weighted by Crippen LogP contribution is 2.35. The van der Waals surface area contributed by atoms with Crippen LogP contribution in [0.4, 0.5) is 0 Å². The third-order valence-electron chi connectivity index (χ3n) is 3.74. The second kappa shape index (κ2) is 5.01. The lowest BCUT2D eigenvalue weighted by Crippen LogP contribution is -2.35. The number of nitrogens with one attached hydrogen (secondary N) is 1. The summed E-state index contributed by atoms with van der Waals surface area (Å²) in [5.74, 6) is 1.40. The van der Waals surface area contributed by atoms with Gasteiger partial charge < -0.3 is 5.32 Å². The molecule has 0 amide bonds. The normalized spacial score (nSPS) is 24.5. The second-order valence-electron chi connectivity index (χ2n) is 5.23. The first kappa shape index (κ1) is 11.7. The average molecular weight is 217 g/mol. The summed E-state index contributed by atoms with van der Waals surface area (Å²) >= 11 is 0. The summed E-state index contributed by atoms with van der Waals surface area (Å²) in [7, 11) is 0. The van der Waals surface area contributed by atoms with Crippen LogP contribution in [-0.2, 0) is 0 Å². The number of benzene rings is 1. The Hall–Kier alpha value is -0.820. The Morgan fingerprint density at radius 3 is 2.56 bits per heavy atom. The maximum atomic E-state index is 3.71. The quantitative estimate of drug-likeness (QED) is 0.810. The van der Waals surface area contributed by atoms with Crippen molar-refractivity contribution >= 4 is 0 Å². The fourth-order valence-electron chi connectivity index (χ4n) is 2.80. The van der Waals surface area contributed by atoms with Gasteiger partial charge in [0.25, 0.3) is 0 Å². The molecule has 0 aromatic heterocycles. The van der Waals surface area contributed by atoms with Gasteiger partial charge in [-0.3, -0.25) is 0 Å². The summed E-state index contributed by atoms with van der Waals surface area (Å²) in [6, 6.07) is 9.56. The Morgan fingerprint density at radius 2 is 1.94 bits per heavy atom. The van der Waals surface area contributed by atoms with Gasteiger partial charge in [-0.15, -0.1) is 0 Å². The second-order valence-corrected chi connectivity index (χ2v) is 5.23. The van der Waals surface area contributed by atoms with Crippen LogP contribution in [0.3, 0.4) is 0 Å². The number of hydrogen-bond acceptors (Lipinski definition) is 1.